The van der Waals surface area contributed by atoms with E-state index in [9.17, 15) is 8.42 Å². The number of halogens is 1. The number of nitrogens with one attached hydrogen (secondary N) is 2. The lowest BCUT2D eigenvalue weighted by Gasteiger charge is -2.08. The van der Waals surface area contributed by atoms with Gasteiger partial charge in [0.25, 0.3) is 10.0 Å². The molecule has 2 rings (SSSR count). The highest BCUT2D eigenvalue weighted by Crippen LogP contribution is 2.22. The number of H-pyrrole nitrogens is 1. The van der Waals surface area contributed by atoms with E-state index < -0.39 is 16.6 Å². The van der Waals surface area contributed by atoms with Crippen molar-refractivity contribution in [3.05, 3.63) is 40.7 Å². The Morgan fingerprint density at radius 2 is 2.00 bits per heavy atom. The Labute approximate surface area is 115 Å². The van der Waals surface area contributed by atoms with Crippen LogP contribution >= 0.6 is 11.6 Å². The van der Waals surface area contributed by atoms with E-state index in [1.165, 1.54) is 0 Å². The van der Waals surface area contributed by atoms with Gasteiger partial charge in [-0.05, 0) is 31.2 Å². The zero-order valence-electron chi connectivity index (χ0n) is 10.0. The molecular weight excluding hydrogens is 290 g/mol. The van der Waals surface area contributed by atoms with E-state index in [4.69, 9.17) is 16.7 Å². The average Bonchev–Trinajstić information content (AvgIpc) is 2.74. The van der Waals surface area contributed by atoms with Crippen LogP contribution in [0.15, 0.2) is 29.2 Å². The van der Waals surface area contributed by atoms with Crippen LogP contribution in [0.4, 0.5) is 5.69 Å². The van der Waals surface area contributed by atoms with E-state index in [-0.39, 0.29) is 10.6 Å². The summed E-state index contributed by atoms with van der Waals surface area (Å²) in [6, 6.07) is 6.25. The van der Waals surface area contributed by atoms with Crippen molar-refractivity contribution in [2.75, 3.05) is 4.72 Å². The first-order chi connectivity index (χ1) is 8.94. The van der Waals surface area contributed by atoms with Gasteiger partial charge in [-0.15, -0.1) is 0 Å². The van der Waals surface area contributed by atoms with Gasteiger partial charge in [-0.2, -0.15) is 5.10 Å². The van der Waals surface area contributed by atoms with Gasteiger partial charge in [0.05, 0.1) is 12.3 Å². The highest BCUT2D eigenvalue weighted by atomic mass is 35.5. The zero-order valence-corrected chi connectivity index (χ0v) is 11.6. The lowest BCUT2D eigenvalue weighted by Crippen LogP contribution is -2.15. The summed E-state index contributed by atoms with van der Waals surface area (Å²) in [5, 5.41) is 15.9. The minimum absolute atomic E-state index is 0.0371. The number of aliphatic hydroxyl groups is 1. The van der Waals surface area contributed by atoms with Crippen LogP contribution in [0.2, 0.25) is 5.02 Å². The van der Waals surface area contributed by atoms with Crippen LogP contribution in [-0.4, -0.2) is 23.7 Å². The van der Waals surface area contributed by atoms with Gasteiger partial charge >= 0.3 is 0 Å². The van der Waals surface area contributed by atoms with E-state index in [0.717, 1.165) is 0 Å². The number of aliphatic hydroxyl groups excluding tert-OH is 1. The zero-order chi connectivity index (χ0) is 14.0. The molecule has 0 saturated heterocycles. The molecular formula is C11H12ClN3O3S. The van der Waals surface area contributed by atoms with E-state index in [0.29, 0.717) is 16.4 Å². The number of hydrogen-bond donors (Lipinski definition) is 3. The molecule has 0 amide bonds. The van der Waals surface area contributed by atoms with Crippen molar-refractivity contribution in [3.8, 4) is 0 Å². The van der Waals surface area contributed by atoms with Gasteiger partial charge in [0, 0.05) is 10.7 Å². The number of benzene rings is 1. The highest BCUT2D eigenvalue weighted by Gasteiger charge is 2.23. The summed E-state index contributed by atoms with van der Waals surface area (Å²) in [4.78, 5) is -0.0371. The van der Waals surface area contributed by atoms with Gasteiger partial charge in [0.15, 0.2) is 0 Å². The Balaban J connectivity index is 2.37. The normalized spacial score (nSPS) is 11.5. The lowest BCUT2D eigenvalue weighted by atomic mass is 10.3. The molecule has 0 aliphatic rings. The van der Waals surface area contributed by atoms with Crippen LogP contribution in [-0.2, 0) is 16.6 Å². The number of nitrogens with zero attached hydrogens (tertiary/aromatic N) is 1. The SMILES string of the molecule is Cc1[nH]nc(CO)c1S(=O)(=O)Nc1ccc(Cl)cc1. The number of aryl methyl sites for hydroxylation is 1. The molecule has 6 nitrogen and oxygen atoms in total. The molecule has 0 atom stereocenters. The van der Waals surface area contributed by atoms with Gasteiger partial charge in [-0.25, -0.2) is 8.42 Å². The number of hydrogen-bond acceptors (Lipinski definition) is 4. The molecule has 0 radical (unpaired) electrons. The van der Waals surface area contributed by atoms with Crippen LogP contribution in [0.1, 0.15) is 11.4 Å². The van der Waals surface area contributed by atoms with Gasteiger partial charge in [-0.3, -0.25) is 9.82 Å². The molecule has 8 heteroatoms. The molecule has 3 N–H and O–H groups in total. The first-order valence-electron chi connectivity index (χ1n) is 5.37. The van der Waals surface area contributed by atoms with Gasteiger partial charge in [-0.1, -0.05) is 11.6 Å². The maximum atomic E-state index is 12.2. The molecule has 19 heavy (non-hydrogen) atoms. The Kier molecular flexibility index (Phi) is 3.79. The second-order valence-electron chi connectivity index (χ2n) is 3.89. The van der Waals surface area contributed by atoms with Crippen molar-refractivity contribution in [1.29, 1.82) is 0 Å². The molecule has 2 aromatic rings. The standard InChI is InChI=1S/C11H12ClN3O3S/c1-7-11(10(6-16)14-13-7)19(17,18)15-9-4-2-8(12)3-5-9/h2-5,15-16H,6H2,1H3,(H,13,14). The summed E-state index contributed by atoms with van der Waals surface area (Å²) < 4.78 is 26.9. The summed E-state index contributed by atoms with van der Waals surface area (Å²) in [7, 11) is -3.80. The van der Waals surface area contributed by atoms with Crippen LogP contribution < -0.4 is 4.72 Å². The predicted molar refractivity (Wildman–Crippen MR) is 71.5 cm³/mol. The summed E-state index contributed by atoms with van der Waals surface area (Å²) in [6.45, 7) is 1.11. The van der Waals surface area contributed by atoms with Crippen molar-refractivity contribution in [2.24, 2.45) is 0 Å². The maximum Gasteiger partial charge on any atom is 0.265 e. The summed E-state index contributed by atoms with van der Waals surface area (Å²) in [5.74, 6) is 0. The molecule has 0 bridgehead atoms. The minimum Gasteiger partial charge on any atom is -0.390 e. The summed E-state index contributed by atoms with van der Waals surface area (Å²) in [6.07, 6.45) is 0. The molecule has 1 heterocycles. The third-order valence-corrected chi connectivity index (χ3v) is 4.31. The number of aromatic nitrogens is 2. The number of rotatable bonds is 4. The molecule has 0 saturated carbocycles. The van der Waals surface area contributed by atoms with Crippen molar-refractivity contribution in [2.45, 2.75) is 18.4 Å². The van der Waals surface area contributed by atoms with Crippen LogP contribution in [0.5, 0.6) is 0 Å². The first kappa shape index (κ1) is 13.9. The smallest absolute Gasteiger partial charge is 0.265 e. The Hall–Kier alpha value is -1.57. The van der Waals surface area contributed by atoms with Crippen molar-refractivity contribution in [1.82, 2.24) is 10.2 Å². The average molecular weight is 302 g/mol. The molecule has 0 spiro atoms. The van der Waals surface area contributed by atoms with Crippen LogP contribution in [0, 0.1) is 6.92 Å². The molecule has 1 aromatic heterocycles. The van der Waals surface area contributed by atoms with Gasteiger partial charge in [0.2, 0.25) is 0 Å². The largest absolute Gasteiger partial charge is 0.390 e. The maximum absolute atomic E-state index is 12.2. The van der Waals surface area contributed by atoms with E-state index in [2.05, 4.69) is 14.9 Å². The number of sulfonamides is 1. The highest BCUT2D eigenvalue weighted by molar-refractivity contribution is 7.92. The van der Waals surface area contributed by atoms with E-state index >= 15 is 0 Å². The fraction of sp³-hybridized carbons (Fsp3) is 0.182. The lowest BCUT2D eigenvalue weighted by molar-refractivity contribution is 0.273. The number of anilines is 1. The van der Waals surface area contributed by atoms with E-state index in [1.54, 1.807) is 31.2 Å². The van der Waals surface area contributed by atoms with Crippen LogP contribution in [0.25, 0.3) is 0 Å². The predicted octanol–water partition coefficient (Wildman–Crippen LogP) is 1.66. The Bertz CT molecular complexity index is 680. The number of aromatic amines is 1. The molecule has 0 aliphatic carbocycles. The fourth-order valence-electron chi connectivity index (χ4n) is 1.66. The second-order valence-corrected chi connectivity index (χ2v) is 5.95. The molecule has 0 aliphatic heterocycles. The quantitative estimate of drug-likeness (QED) is 0.800. The van der Waals surface area contributed by atoms with Crippen molar-refractivity contribution in [3.63, 3.8) is 0 Å². The third-order valence-electron chi connectivity index (χ3n) is 2.48. The first-order valence-corrected chi connectivity index (χ1v) is 7.23. The molecule has 1 aromatic carbocycles. The van der Waals surface area contributed by atoms with Crippen LogP contribution in [0.3, 0.4) is 0 Å². The summed E-state index contributed by atoms with van der Waals surface area (Å²) >= 11 is 5.73. The fourth-order valence-corrected chi connectivity index (χ4v) is 3.20. The Morgan fingerprint density at radius 3 is 2.58 bits per heavy atom. The topological polar surface area (TPSA) is 95.1 Å². The third kappa shape index (κ3) is 2.89. The van der Waals surface area contributed by atoms with Gasteiger partial charge in [0.1, 0.15) is 10.6 Å². The monoisotopic (exact) mass is 301 g/mol. The van der Waals surface area contributed by atoms with E-state index in [1.807, 2.05) is 0 Å². The summed E-state index contributed by atoms with van der Waals surface area (Å²) in [5.41, 5.74) is 0.832. The van der Waals surface area contributed by atoms with Crippen molar-refractivity contribution >= 4 is 27.3 Å². The molecule has 0 fully saturated rings. The Morgan fingerprint density at radius 1 is 1.37 bits per heavy atom. The van der Waals surface area contributed by atoms with Crippen molar-refractivity contribution < 1.29 is 13.5 Å². The minimum atomic E-state index is -3.80. The molecule has 0 unspecified atom stereocenters. The molecule has 102 valence electrons. The van der Waals surface area contributed by atoms with Gasteiger partial charge < -0.3 is 5.11 Å². The second kappa shape index (κ2) is 5.20.